The molecule has 170 valence electrons. The summed E-state index contributed by atoms with van der Waals surface area (Å²) < 4.78 is 0. The Morgan fingerprint density at radius 3 is 2.53 bits per heavy atom. The van der Waals surface area contributed by atoms with Crippen molar-refractivity contribution in [1.29, 1.82) is 0 Å². The Morgan fingerprint density at radius 1 is 0.912 bits per heavy atom. The van der Waals surface area contributed by atoms with Gasteiger partial charge in [0.2, 0.25) is 5.95 Å². The maximum atomic E-state index is 4.83. The summed E-state index contributed by atoms with van der Waals surface area (Å²) in [6.07, 6.45) is 3.62. The highest BCUT2D eigenvalue weighted by molar-refractivity contribution is 5.93. The van der Waals surface area contributed by atoms with Crippen molar-refractivity contribution in [1.82, 2.24) is 19.9 Å². The minimum Gasteiger partial charge on any atom is -0.369 e. The number of rotatable bonds is 5. The van der Waals surface area contributed by atoms with E-state index in [4.69, 9.17) is 4.98 Å². The fourth-order valence-electron chi connectivity index (χ4n) is 4.06. The van der Waals surface area contributed by atoms with Crippen molar-refractivity contribution in [3.63, 3.8) is 0 Å². The van der Waals surface area contributed by atoms with E-state index in [1.807, 2.05) is 36.5 Å². The highest BCUT2D eigenvalue weighted by Gasteiger charge is 2.14. The Bertz CT molecular complexity index is 1350. The number of para-hydroxylation sites is 1. The molecule has 1 aliphatic heterocycles. The first kappa shape index (κ1) is 21.7. The van der Waals surface area contributed by atoms with Crippen LogP contribution in [-0.2, 0) is 0 Å². The normalized spacial score (nSPS) is 13.9. The van der Waals surface area contributed by atoms with Crippen LogP contribution < -0.4 is 15.5 Å². The largest absolute Gasteiger partial charge is 0.369 e. The van der Waals surface area contributed by atoms with Gasteiger partial charge in [0.05, 0.1) is 11.2 Å². The molecule has 0 bridgehead atoms. The number of nitrogens with one attached hydrogen (secondary N) is 2. The van der Waals surface area contributed by atoms with E-state index in [0.29, 0.717) is 5.95 Å². The van der Waals surface area contributed by atoms with E-state index in [2.05, 4.69) is 73.7 Å². The summed E-state index contributed by atoms with van der Waals surface area (Å²) >= 11 is 0. The number of hydrogen-bond donors (Lipinski definition) is 2. The molecule has 1 fully saturated rings. The number of benzene rings is 2. The lowest BCUT2D eigenvalue weighted by Gasteiger charge is -2.34. The van der Waals surface area contributed by atoms with Gasteiger partial charge in [0, 0.05) is 72.6 Å². The van der Waals surface area contributed by atoms with Crippen LogP contribution in [0.1, 0.15) is 6.92 Å². The average molecular weight is 450 g/mol. The third-order valence-corrected chi connectivity index (χ3v) is 5.97. The molecule has 5 rings (SSSR count). The number of piperazine rings is 1. The molecule has 3 heterocycles. The first-order chi connectivity index (χ1) is 16.7. The fraction of sp³-hybridized carbons (Fsp3) is 0.222. The minimum atomic E-state index is 0.554. The third-order valence-electron chi connectivity index (χ3n) is 5.97. The van der Waals surface area contributed by atoms with Crippen LogP contribution in [-0.4, -0.2) is 53.1 Å². The van der Waals surface area contributed by atoms with Gasteiger partial charge in [-0.3, -0.25) is 4.98 Å². The second-order valence-corrected chi connectivity index (χ2v) is 8.33. The first-order valence-corrected chi connectivity index (χ1v) is 11.4. The van der Waals surface area contributed by atoms with Gasteiger partial charge in [0.1, 0.15) is 0 Å². The van der Waals surface area contributed by atoms with E-state index in [-0.39, 0.29) is 0 Å². The van der Waals surface area contributed by atoms with Crippen LogP contribution in [0.25, 0.3) is 22.2 Å². The molecule has 0 spiro atoms. The molecular formula is C27H27N7. The molecule has 7 nitrogen and oxygen atoms in total. The molecule has 0 aliphatic carbocycles. The van der Waals surface area contributed by atoms with Gasteiger partial charge in [0.25, 0.3) is 0 Å². The molecule has 0 amide bonds. The standard InChI is InChI=1S/C27H27N7/c1-3-12-28-22-11-13-29-25(18-22)24-6-4-5-20-19-30-27(32-26(20)24)31-21-7-9-23(10-8-21)34-16-14-33(2)15-17-34/h4-11,13,18-19H,14-17H2,1-2H3,(H,28,29)(H,30,31,32). The van der Waals surface area contributed by atoms with Crippen molar-refractivity contribution in [2.45, 2.75) is 6.92 Å². The van der Waals surface area contributed by atoms with Gasteiger partial charge in [-0.1, -0.05) is 24.1 Å². The topological polar surface area (TPSA) is 69.2 Å². The Hall–Kier alpha value is -4.15. The smallest absolute Gasteiger partial charge is 0.227 e. The van der Waals surface area contributed by atoms with Crippen LogP contribution in [0.5, 0.6) is 0 Å². The van der Waals surface area contributed by atoms with Crippen molar-refractivity contribution >= 4 is 33.9 Å². The van der Waals surface area contributed by atoms with Crippen LogP contribution >= 0.6 is 0 Å². The Kier molecular flexibility index (Phi) is 6.23. The van der Waals surface area contributed by atoms with Crippen LogP contribution in [0.2, 0.25) is 0 Å². The van der Waals surface area contributed by atoms with E-state index in [0.717, 1.165) is 59.7 Å². The molecule has 0 atom stereocenters. The number of anilines is 4. The minimum absolute atomic E-state index is 0.554. The lowest BCUT2D eigenvalue weighted by atomic mass is 10.1. The summed E-state index contributed by atoms with van der Waals surface area (Å²) in [5.41, 5.74) is 5.71. The van der Waals surface area contributed by atoms with E-state index >= 15 is 0 Å². The summed E-state index contributed by atoms with van der Waals surface area (Å²) in [6.45, 7) is 6.08. The SMILES string of the molecule is CC#CNc1ccnc(-c2cccc3cnc(Nc4ccc(N5CCN(C)CC5)cc4)nc23)c1. The zero-order valence-electron chi connectivity index (χ0n) is 19.4. The van der Waals surface area contributed by atoms with E-state index in [9.17, 15) is 0 Å². The number of likely N-dealkylation sites (N-methyl/N-ethyl adjacent to an activating group) is 1. The average Bonchev–Trinajstić information content (AvgIpc) is 2.88. The van der Waals surface area contributed by atoms with Gasteiger partial charge in [0.15, 0.2) is 0 Å². The number of aromatic nitrogens is 3. The second-order valence-electron chi connectivity index (χ2n) is 8.33. The molecule has 0 saturated carbocycles. The maximum absolute atomic E-state index is 4.83. The van der Waals surface area contributed by atoms with Crippen molar-refractivity contribution in [3.05, 3.63) is 67.0 Å². The molecular weight excluding hydrogens is 422 g/mol. The fourth-order valence-corrected chi connectivity index (χ4v) is 4.06. The molecule has 0 unspecified atom stereocenters. The Labute approximate surface area is 199 Å². The van der Waals surface area contributed by atoms with Gasteiger partial charge in [-0.25, -0.2) is 9.97 Å². The van der Waals surface area contributed by atoms with Crippen LogP contribution in [0, 0.1) is 12.0 Å². The molecule has 1 aliphatic rings. The van der Waals surface area contributed by atoms with Gasteiger partial charge in [-0.2, -0.15) is 0 Å². The quantitative estimate of drug-likeness (QED) is 0.341. The zero-order chi connectivity index (χ0) is 23.3. The number of fused-ring (bicyclic) bond motifs is 1. The van der Waals surface area contributed by atoms with E-state index < -0.39 is 0 Å². The van der Waals surface area contributed by atoms with Gasteiger partial charge in [-0.15, -0.1) is 0 Å². The molecule has 2 aromatic carbocycles. The van der Waals surface area contributed by atoms with Gasteiger partial charge < -0.3 is 20.4 Å². The molecule has 7 heteroatoms. The predicted molar refractivity (Wildman–Crippen MR) is 139 cm³/mol. The molecule has 34 heavy (non-hydrogen) atoms. The highest BCUT2D eigenvalue weighted by atomic mass is 15.2. The molecule has 2 N–H and O–H groups in total. The molecule has 2 aromatic heterocycles. The monoisotopic (exact) mass is 449 g/mol. The Balaban J connectivity index is 1.39. The first-order valence-electron chi connectivity index (χ1n) is 11.4. The van der Waals surface area contributed by atoms with Gasteiger partial charge >= 0.3 is 0 Å². The van der Waals surface area contributed by atoms with Crippen molar-refractivity contribution < 1.29 is 0 Å². The number of nitrogens with zero attached hydrogens (tertiary/aromatic N) is 5. The van der Waals surface area contributed by atoms with Crippen LogP contribution in [0.15, 0.2) is 67.0 Å². The molecule has 4 aromatic rings. The highest BCUT2D eigenvalue weighted by Crippen LogP contribution is 2.28. The molecule has 1 saturated heterocycles. The summed E-state index contributed by atoms with van der Waals surface area (Å²) in [7, 11) is 2.17. The lowest BCUT2D eigenvalue weighted by molar-refractivity contribution is 0.313. The summed E-state index contributed by atoms with van der Waals surface area (Å²) in [5.74, 6) is 3.40. The van der Waals surface area contributed by atoms with Crippen molar-refractivity contribution in [2.75, 3.05) is 48.8 Å². The van der Waals surface area contributed by atoms with E-state index in [1.54, 1.807) is 13.1 Å². The van der Waals surface area contributed by atoms with Gasteiger partial charge in [-0.05, 0) is 50.4 Å². The Morgan fingerprint density at radius 2 is 1.74 bits per heavy atom. The number of pyridine rings is 1. The zero-order valence-corrected chi connectivity index (χ0v) is 19.4. The van der Waals surface area contributed by atoms with Crippen molar-refractivity contribution in [2.24, 2.45) is 0 Å². The van der Waals surface area contributed by atoms with Crippen molar-refractivity contribution in [3.8, 4) is 23.2 Å². The summed E-state index contributed by atoms with van der Waals surface area (Å²) in [5, 5.41) is 7.39. The number of hydrogen-bond acceptors (Lipinski definition) is 7. The summed E-state index contributed by atoms with van der Waals surface area (Å²) in [6, 6.07) is 21.3. The lowest BCUT2D eigenvalue weighted by Crippen LogP contribution is -2.44. The third kappa shape index (κ3) is 4.77. The second kappa shape index (κ2) is 9.77. The van der Waals surface area contributed by atoms with E-state index in [1.165, 1.54) is 5.69 Å². The maximum Gasteiger partial charge on any atom is 0.227 e. The van der Waals surface area contributed by atoms with Crippen LogP contribution in [0.3, 0.4) is 0 Å². The summed E-state index contributed by atoms with van der Waals surface area (Å²) in [4.78, 5) is 18.7. The predicted octanol–water partition coefficient (Wildman–Crippen LogP) is 4.58. The van der Waals surface area contributed by atoms with Crippen LogP contribution in [0.4, 0.5) is 23.0 Å². The molecule has 0 radical (unpaired) electrons.